The Morgan fingerprint density at radius 2 is 2.44 bits per heavy atom. The van der Waals surface area contributed by atoms with Gasteiger partial charge < -0.3 is 5.32 Å². The van der Waals surface area contributed by atoms with E-state index in [9.17, 15) is 4.79 Å². The summed E-state index contributed by atoms with van der Waals surface area (Å²) >= 11 is 0. The Kier molecular flexibility index (Phi) is 3.72. The molecule has 1 aliphatic carbocycles. The van der Waals surface area contributed by atoms with Gasteiger partial charge in [-0.05, 0) is 19.3 Å². The molecule has 0 amide bonds. The smallest absolute Gasteiger partial charge is 0.167 e. The van der Waals surface area contributed by atoms with Crippen molar-refractivity contribution in [1.82, 2.24) is 15.1 Å². The molecule has 0 unspecified atom stereocenters. The van der Waals surface area contributed by atoms with Crippen LogP contribution in [0.5, 0.6) is 0 Å². The molecule has 2 rings (SSSR count). The van der Waals surface area contributed by atoms with Crippen LogP contribution in [0.1, 0.15) is 43.0 Å². The number of ketones is 1. The predicted molar refractivity (Wildman–Crippen MR) is 62.5 cm³/mol. The van der Waals surface area contributed by atoms with Crippen molar-refractivity contribution >= 4 is 5.78 Å². The normalized spacial score (nSPS) is 15.3. The minimum atomic E-state index is 0.190. The Morgan fingerprint density at radius 1 is 1.62 bits per heavy atom. The van der Waals surface area contributed by atoms with Crippen LogP contribution >= 0.6 is 0 Å². The fraction of sp³-hybridized carbons (Fsp3) is 0.667. The van der Waals surface area contributed by atoms with Crippen molar-refractivity contribution in [1.29, 1.82) is 0 Å². The van der Waals surface area contributed by atoms with E-state index < -0.39 is 0 Å². The maximum absolute atomic E-state index is 11.8. The van der Waals surface area contributed by atoms with Gasteiger partial charge in [-0.2, -0.15) is 5.10 Å². The summed E-state index contributed by atoms with van der Waals surface area (Å²) in [4.78, 5) is 11.8. The van der Waals surface area contributed by atoms with Crippen LogP contribution in [-0.2, 0) is 6.54 Å². The lowest BCUT2D eigenvalue weighted by atomic mass is 10.2. The molecule has 0 bridgehead atoms. The molecule has 1 fully saturated rings. The highest BCUT2D eigenvalue weighted by atomic mass is 16.1. The Bertz CT molecular complexity index is 355. The van der Waals surface area contributed by atoms with E-state index in [1.807, 2.05) is 10.9 Å². The third-order valence-corrected chi connectivity index (χ3v) is 2.77. The highest BCUT2D eigenvalue weighted by Gasteiger charge is 2.20. The number of nitrogens with one attached hydrogen (secondary N) is 1. The highest BCUT2D eigenvalue weighted by molar-refractivity contribution is 5.95. The summed E-state index contributed by atoms with van der Waals surface area (Å²) < 4.78 is 1.83. The van der Waals surface area contributed by atoms with Crippen molar-refractivity contribution in [3.63, 3.8) is 0 Å². The van der Waals surface area contributed by atoms with Gasteiger partial charge in [0, 0.05) is 31.7 Å². The van der Waals surface area contributed by atoms with Gasteiger partial charge in [-0.25, -0.2) is 0 Å². The van der Waals surface area contributed by atoms with E-state index in [1.165, 1.54) is 12.8 Å². The molecule has 1 N–H and O–H groups in total. The Labute approximate surface area is 96.0 Å². The van der Waals surface area contributed by atoms with E-state index in [0.29, 0.717) is 12.5 Å². The lowest BCUT2D eigenvalue weighted by molar-refractivity contribution is 0.0982. The van der Waals surface area contributed by atoms with Crippen LogP contribution in [0.2, 0.25) is 0 Å². The lowest BCUT2D eigenvalue weighted by Gasteiger charge is -2.00. The van der Waals surface area contributed by atoms with Crippen molar-refractivity contribution in [2.24, 2.45) is 0 Å². The molecule has 1 saturated carbocycles. The van der Waals surface area contributed by atoms with E-state index in [4.69, 9.17) is 0 Å². The molecule has 4 heteroatoms. The third-order valence-electron chi connectivity index (χ3n) is 2.77. The number of nitrogens with zero attached hydrogens (tertiary/aromatic N) is 2. The fourth-order valence-corrected chi connectivity index (χ4v) is 1.68. The number of aryl methyl sites for hydroxylation is 1. The SMILES string of the molecule is CCCn1cc(C(=O)CCNC2CC2)cn1. The standard InChI is InChI=1S/C12H19N3O/c1-2-7-15-9-10(8-14-15)12(16)5-6-13-11-3-4-11/h8-9,11,13H,2-7H2,1H3. The van der Waals surface area contributed by atoms with Crippen LogP contribution in [-0.4, -0.2) is 28.2 Å². The van der Waals surface area contributed by atoms with Crippen molar-refractivity contribution < 1.29 is 4.79 Å². The number of carbonyl (C=O) groups is 1. The van der Waals surface area contributed by atoms with E-state index in [2.05, 4.69) is 17.3 Å². The number of hydrogen-bond acceptors (Lipinski definition) is 3. The predicted octanol–water partition coefficient (Wildman–Crippen LogP) is 1.62. The molecule has 1 aromatic heterocycles. The van der Waals surface area contributed by atoms with Gasteiger partial charge in [0.15, 0.2) is 5.78 Å². The monoisotopic (exact) mass is 221 g/mol. The number of rotatable bonds is 7. The highest BCUT2D eigenvalue weighted by Crippen LogP contribution is 2.18. The topological polar surface area (TPSA) is 46.9 Å². The Hall–Kier alpha value is -1.16. The first-order valence-corrected chi connectivity index (χ1v) is 6.08. The molecule has 0 spiro atoms. The van der Waals surface area contributed by atoms with Gasteiger partial charge in [0.05, 0.1) is 11.8 Å². The summed E-state index contributed by atoms with van der Waals surface area (Å²) in [5.74, 6) is 0.190. The number of aromatic nitrogens is 2. The maximum atomic E-state index is 11.8. The molecule has 4 nitrogen and oxygen atoms in total. The van der Waals surface area contributed by atoms with Crippen molar-refractivity contribution in [2.45, 2.75) is 45.2 Å². The number of Topliss-reactive ketones (excluding diaryl/α,β-unsaturated/α-hetero) is 1. The molecule has 1 heterocycles. The number of hydrogen-bond donors (Lipinski definition) is 1. The Morgan fingerprint density at radius 3 is 3.12 bits per heavy atom. The van der Waals surface area contributed by atoms with Gasteiger partial charge in [-0.3, -0.25) is 9.48 Å². The van der Waals surface area contributed by atoms with Crippen LogP contribution in [0.15, 0.2) is 12.4 Å². The maximum Gasteiger partial charge on any atom is 0.167 e. The van der Waals surface area contributed by atoms with E-state index >= 15 is 0 Å². The second kappa shape index (κ2) is 5.25. The first-order valence-electron chi connectivity index (χ1n) is 6.08. The largest absolute Gasteiger partial charge is 0.314 e. The molecule has 0 saturated heterocycles. The molecular formula is C12H19N3O. The van der Waals surface area contributed by atoms with Gasteiger partial charge in [0.25, 0.3) is 0 Å². The molecule has 0 radical (unpaired) electrons. The average Bonchev–Trinajstić information content (AvgIpc) is 2.97. The van der Waals surface area contributed by atoms with Gasteiger partial charge in [0.1, 0.15) is 0 Å². The zero-order valence-corrected chi connectivity index (χ0v) is 9.78. The summed E-state index contributed by atoms with van der Waals surface area (Å²) in [7, 11) is 0. The molecule has 16 heavy (non-hydrogen) atoms. The molecular weight excluding hydrogens is 202 g/mol. The second-order valence-corrected chi connectivity index (χ2v) is 4.39. The van der Waals surface area contributed by atoms with Crippen LogP contribution < -0.4 is 5.32 Å². The summed E-state index contributed by atoms with van der Waals surface area (Å²) in [6.07, 6.45) is 7.68. The minimum Gasteiger partial charge on any atom is -0.314 e. The molecule has 88 valence electrons. The zero-order chi connectivity index (χ0) is 11.4. The first-order chi connectivity index (χ1) is 7.79. The summed E-state index contributed by atoms with van der Waals surface area (Å²) in [6, 6.07) is 0.676. The molecule has 1 aliphatic rings. The van der Waals surface area contributed by atoms with E-state index in [0.717, 1.165) is 25.1 Å². The van der Waals surface area contributed by atoms with Crippen LogP contribution in [0.3, 0.4) is 0 Å². The van der Waals surface area contributed by atoms with Gasteiger partial charge in [-0.1, -0.05) is 6.92 Å². The molecule has 1 aromatic rings. The molecule has 0 aromatic carbocycles. The second-order valence-electron chi connectivity index (χ2n) is 4.39. The van der Waals surface area contributed by atoms with Crippen molar-refractivity contribution in [3.8, 4) is 0 Å². The van der Waals surface area contributed by atoms with Crippen LogP contribution in [0.25, 0.3) is 0 Å². The summed E-state index contributed by atoms with van der Waals surface area (Å²) in [6.45, 7) is 3.78. The number of carbonyl (C=O) groups excluding carboxylic acids is 1. The third kappa shape index (κ3) is 3.17. The quantitative estimate of drug-likeness (QED) is 0.712. The van der Waals surface area contributed by atoms with Crippen LogP contribution in [0.4, 0.5) is 0 Å². The van der Waals surface area contributed by atoms with Crippen LogP contribution in [0, 0.1) is 0 Å². The van der Waals surface area contributed by atoms with Gasteiger partial charge in [-0.15, -0.1) is 0 Å². The van der Waals surface area contributed by atoms with Gasteiger partial charge >= 0.3 is 0 Å². The summed E-state index contributed by atoms with van der Waals surface area (Å²) in [5.41, 5.74) is 0.742. The minimum absolute atomic E-state index is 0.190. The van der Waals surface area contributed by atoms with Crippen molar-refractivity contribution in [2.75, 3.05) is 6.54 Å². The fourth-order valence-electron chi connectivity index (χ4n) is 1.68. The first kappa shape index (κ1) is 11.3. The lowest BCUT2D eigenvalue weighted by Crippen LogP contribution is -2.20. The Balaban J connectivity index is 1.77. The van der Waals surface area contributed by atoms with Gasteiger partial charge in [0.2, 0.25) is 0 Å². The van der Waals surface area contributed by atoms with E-state index in [-0.39, 0.29) is 5.78 Å². The zero-order valence-electron chi connectivity index (χ0n) is 9.78. The summed E-state index contributed by atoms with van der Waals surface area (Å²) in [5, 5.41) is 7.50. The molecule has 0 aliphatic heterocycles. The molecule has 0 atom stereocenters. The van der Waals surface area contributed by atoms with Crippen molar-refractivity contribution in [3.05, 3.63) is 18.0 Å². The average molecular weight is 221 g/mol. The van der Waals surface area contributed by atoms with E-state index in [1.54, 1.807) is 6.20 Å².